The number of hydrogen-bond donors (Lipinski definition) is 1. The molecule has 1 saturated heterocycles. The quantitative estimate of drug-likeness (QED) is 0.875. The lowest BCUT2D eigenvalue weighted by Gasteiger charge is -2.35. The van der Waals surface area contributed by atoms with Crippen molar-refractivity contribution in [1.82, 2.24) is 9.80 Å². The van der Waals surface area contributed by atoms with E-state index in [1.165, 1.54) is 31.5 Å². The van der Waals surface area contributed by atoms with Crippen LogP contribution in [0.2, 0.25) is 0 Å². The molecule has 0 spiro atoms. The number of benzene rings is 1. The van der Waals surface area contributed by atoms with Gasteiger partial charge >= 0.3 is 0 Å². The Morgan fingerprint density at radius 1 is 1.38 bits per heavy atom. The van der Waals surface area contributed by atoms with Crippen LogP contribution in [-0.4, -0.2) is 49.1 Å². The molecule has 3 nitrogen and oxygen atoms in total. The van der Waals surface area contributed by atoms with Gasteiger partial charge in [0.15, 0.2) is 0 Å². The summed E-state index contributed by atoms with van der Waals surface area (Å²) in [4.78, 5) is 4.77. The Balaban J connectivity index is 2.13. The molecule has 1 aliphatic rings. The molecule has 1 heterocycles. The molecule has 0 aromatic heterocycles. The number of nitrogens with zero attached hydrogens (tertiary/aromatic N) is 2. The van der Waals surface area contributed by atoms with E-state index < -0.39 is 0 Å². The van der Waals surface area contributed by atoms with Crippen LogP contribution in [0, 0.1) is 5.82 Å². The highest BCUT2D eigenvalue weighted by Crippen LogP contribution is 2.26. The molecular formula is C17H28FN3. The molecule has 3 unspecified atom stereocenters. The summed E-state index contributed by atoms with van der Waals surface area (Å²) in [5, 5.41) is 0. The molecule has 0 amide bonds. The minimum Gasteiger partial charge on any atom is -0.326 e. The zero-order valence-electron chi connectivity index (χ0n) is 13.4. The van der Waals surface area contributed by atoms with Gasteiger partial charge in [-0.1, -0.05) is 19.1 Å². The number of nitrogens with two attached hydrogens (primary N) is 1. The maximum Gasteiger partial charge on any atom is 0.123 e. The Hall–Kier alpha value is -0.970. The SMILES string of the molecule is CCC(N)C(c1ccc(F)cc1)N(C)CC1CCCN1C. The summed E-state index contributed by atoms with van der Waals surface area (Å²) in [6.07, 6.45) is 3.43. The topological polar surface area (TPSA) is 32.5 Å². The van der Waals surface area contributed by atoms with Crippen molar-refractivity contribution in [2.24, 2.45) is 5.73 Å². The van der Waals surface area contributed by atoms with Crippen LogP contribution in [0.3, 0.4) is 0 Å². The standard InChI is InChI=1S/C17H28FN3/c1-4-16(19)17(13-7-9-14(18)10-8-13)21(3)12-15-6-5-11-20(15)2/h7-10,15-17H,4-6,11-12,19H2,1-3H3. The minimum atomic E-state index is -0.194. The summed E-state index contributed by atoms with van der Waals surface area (Å²) in [5.41, 5.74) is 7.45. The van der Waals surface area contributed by atoms with Crippen molar-refractivity contribution in [2.45, 2.75) is 44.3 Å². The van der Waals surface area contributed by atoms with Crippen molar-refractivity contribution >= 4 is 0 Å². The number of hydrogen-bond acceptors (Lipinski definition) is 3. The molecule has 0 radical (unpaired) electrons. The highest BCUT2D eigenvalue weighted by atomic mass is 19.1. The molecule has 2 N–H and O–H groups in total. The van der Waals surface area contributed by atoms with E-state index in [1.807, 2.05) is 12.1 Å². The lowest BCUT2D eigenvalue weighted by atomic mass is 9.96. The van der Waals surface area contributed by atoms with E-state index in [0.29, 0.717) is 6.04 Å². The van der Waals surface area contributed by atoms with Crippen LogP contribution in [0.5, 0.6) is 0 Å². The van der Waals surface area contributed by atoms with Gasteiger partial charge in [0.25, 0.3) is 0 Å². The summed E-state index contributed by atoms with van der Waals surface area (Å²) >= 11 is 0. The van der Waals surface area contributed by atoms with Crippen molar-refractivity contribution in [3.8, 4) is 0 Å². The maximum absolute atomic E-state index is 13.2. The van der Waals surface area contributed by atoms with Crippen LogP contribution in [-0.2, 0) is 0 Å². The maximum atomic E-state index is 13.2. The van der Waals surface area contributed by atoms with Crippen molar-refractivity contribution in [2.75, 3.05) is 27.2 Å². The Bertz CT molecular complexity index is 434. The van der Waals surface area contributed by atoms with Gasteiger partial charge in [-0.25, -0.2) is 4.39 Å². The number of rotatable bonds is 6. The molecule has 0 bridgehead atoms. The number of likely N-dealkylation sites (tertiary alicyclic amines) is 1. The van der Waals surface area contributed by atoms with Crippen LogP contribution in [0.15, 0.2) is 24.3 Å². The monoisotopic (exact) mass is 293 g/mol. The summed E-state index contributed by atoms with van der Waals surface area (Å²) in [7, 11) is 4.33. The first kappa shape index (κ1) is 16.4. The van der Waals surface area contributed by atoms with Crippen LogP contribution in [0.1, 0.15) is 37.8 Å². The summed E-state index contributed by atoms with van der Waals surface area (Å²) in [5.74, 6) is -0.194. The number of halogens is 1. The van der Waals surface area contributed by atoms with E-state index in [1.54, 1.807) is 0 Å². The molecule has 2 rings (SSSR count). The Morgan fingerprint density at radius 3 is 2.57 bits per heavy atom. The predicted octanol–water partition coefficient (Wildman–Crippen LogP) is 2.63. The Kier molecular flexibility index (Phi) is 5.73. The average molecular weight is 293 g/mol. The van der Waals surface area contributed by atoms with Gasteiger partial charge < -0.3 is 10.6 Å². The zero-order chi connectivity index (χ0) is 15.4. The van der Waals surface area contributed by atoms with E-state index in [4.69, 9.17) is 5.73 Å². The zero-order valence-corrected chi connectivity index (χ0v) is 13.4. The lowest BCUT2D eigenvalue weighted by molar-refractivity contribution is 0.157. The van der Waals surface area contributed by atoms with E-state index in [2.05, 4.69) is 30.8 Å². The van der Waals surface area contributed by atoms with Crippen LogP contribution >= 0.6 is 0 Å². The average Bonchev–Trinajstić information content (AvgIpc) is 2.86. The molecular weight excluding hydrogens is 265 g/mol. The van der Waals surface area contributed by atoms with Crippen molar-refractivity contribution in [3.05, 3.63) is 35.6 Å². The minimum absolute atomic E-state index is 0.0622. The summed E-state index contributed by atoms with van der Waals surface area (Å²) in [6, 6.07) is 7.59. The first-order valence-corrected chi connectivity index (χ1v) is 7.94. The van der Waals surface area contributed by atoms with E-state index >= 15 is 0 Å². The molecule has 118 valence electrons. The molecule has 4 heteroatoms. The normalized spacial score (nSPS) is 22.7. The van der Waals surface area contributed by atoms with Crippen LogP contribution in [0.25, 0.3) is 0 Å². The molecule has 1 aromatic rings. The van der Waals surface area contributed by atoms with Gasteiger partial charge in [0.05, 0.1) is 0 Å². The predicted molar refractivity (Wildman–Crippen MR) is 85.7 cm³/mol. The van der Waals surface area contributed by atoms with Gasteiger partial charge in [-0.05, 0) is 57.6 Å². The fraction of sp³-hybridized carbons (Fsp3) is 0.647. The fourth-order valence-corrected chi connectivity index (χ4v) is 3.37. The summed E-state index contributed by atoms with van der Waals surface area (Å²) < 4.78 is 13.2. The summed E-state index contributed by atoms with van der Waals surface area (Å²) in [6.45, 7) is 4.29. The van der Waals surface area contributed by atoms with Crippen LogP contribution in [0.4, 0.5) is 4.39 Å². The second-order valence-electron chi connectivity index (χ2n) is 6.28. The molecule has 3 atom stereocenters. The molecule has 0 saturated carbocycles. The molecule has 1 aromatic carbocycles. The third-order valence-electron chi connectivity index (χ3n) is 4.73. The van der Waals surface area contributed by atoms with Crippen molar-refractivity contribution < 1.29 is 4.39 Å². The van der Waals surface area contributed by atoms with E-state index in [0.717, 1.165) is 18.5 Å². The van der Waals surface area contributed by atoms with Crippen LogP contribution < -0.4 is 5.73 Å². The molecule has 0 aliphatic carbocycles. The van der Waals surface area contributed by atoms with Gasteiger partial charge in [-0.15, -0.1) is 0 Å². The first-order valence-electron chi connectivity index (χ1n) is 7.94. The highest BCUT2D eigenvalue weighted by molar-refractivity contribution is 5.21. The Labute approximate surface area is 127 Å². The molecule has 1 fully saturated rings. The molecule has 1 aliphatic heterocycles. The van der Waals surface area contributed by atoms with Gasteiger partial charge in [-0.2, -0.15) is 0 Å². The number of likely N-dealkylation sites (N-methyl/N-ethyl adjacent to an activating group) is 2. The van der Waals surface area contributed by atoms with Gasteiger partial charge in [0.1, 0.15) is 5.82 Å². The largest absolute Gasteiger partial charge is 0.326 e. The smallest absolute Gasteiger partial charge is 0.123 e. The second kappa shape index (κ2) is 7.34. The van der Waals surface area contributed by atoms with E-state index in [9.17, 15) is 4.39 Å². The Morgan fingerprint density at radius 2 is 2.05 bits per heavy atom. The third kappa shape index (κ3) is 4.02. The van der Waals surface area contributed by atoms with Gasteiger partial charge in [0, 0.05) is 24.7 Å². The van der Waals surface area contributed by atoms with E-state index in [-0.39, 0.29) is 17.9 Å². The lowest BCUT2D eigenvalue weighted by Crippen LogP contribution is -2.44. The van der Waals surface area contributed by atoms with Crippen molar-refractivity contribution in [3.63, 3.8) is 0 Å². The van der Waals surface area contributed by atoms with Gasteiger partial charge in [-0.3, -0.25) is 4.90 Å². The second-order valence-corrected chi connectivity index (χ2v) is 6.28. The first-order chi connectivity index (χ1) is 10.0. The molecule has 21 heavy (non-hydrogen) atoms. The van der Waals surface area contributed by atoms with Crippen molar-refractivity contribution in [1.29, 1.82) is 0 Å². The highest BCUT2D eigenvalue weighted by Gasteiger charge is 2.28. The third-order valence-corrected chi connectivity index (χ3v) is 4.73. The fourth-order valence-electron chi connectivity index (χ4n) is 3.37. The van der Waals surface area contributed by atoms with Gasteiger partial charge in [0.2, 0.25) is 0 Å².